The lowest BCUT2D eigenvalue weighted by atomic mass is 10.0. The molecule has 0 saturated carbocycles. The normalized spacial score (nSPS) is 10.8. The maximum Gasteiger partial charge on any atom is 0.224 e. The van der Waals surface area contributed by atoms with E-state index in [1.54, 1.807) is 0 Å². The Labute approximate surface area is 154 Å². The molecule has 0 bridgehead atoms. The number of aryl methyl sites for hydroxylation is 1. The molecule has 1 aromatic rings. The highest BCUT2D eigenvalue weighted by Crippen LogP contribution is 2.14. The minimum Gasteiger partial charge on any atom is -0.330 e. The van der Waals surface area contributed by atoms with Crippen LogP contribution in [0.3, 0.4) is 0 Å². The molecule has 1 rings (SSSR count). The van der Waals surface area contributed by atoms with Crippen LogP contribution in [0, 0.1) is 0 Å². The lowest BCUT2D eigenvalue weighted by Crippen LogP contribution is -2.11. The summed E-state index contributed by atoms with van der Waals surface area (Å²) in [5.74, 6) is 0.104. The predicted molar refractivity (Wildman–Crippen MR) is 109 cm³/mol. The fraction of sp³-hybridized carbons (Fsp3) is 0.682. The van der Waals surface area contributed by atoms with E-state index < -0.39 is 0 Å². The predicted octanol–water partition coefficient (Wildman–Crippen LogP) is 5.83. The Bertz CT molecular complexity index is 442. The highest BCUT2D eigenvalue weighted by atomic mass is 16.1. The molecule has 0 radical (unpaired) electrons. The Hall–Kier alpha value is -1.35. The van der Waals surface area contributed by atoms with Gasteiger partial charge >= 0.3 is 0 Å². The molecule has 25 heavy (non-hydrogen) atoms. The summed E-state index contributed by atoms with van der Waals surface area (Å²) in [5, 5.41) is 2.98. The van der Waals surface area contributed by atoms with Crippen LogP contribution in [0.1, 0.15) is 89.5 Å². The van der Waals surface area contributed by atoms with Crippen LogP contribution in [0.2, 0.25) is 0 Å². The number of amides is 1. The summed E-state index contributed by atoms with van der Waals surface area (Å²) >= 11 is 0. The van der Waals surface area contributed by atoms with Gasteiger partial charge in [0, 0.05) is 12.1 Å². The van der Waals surface area contributed by atoms with Crippen LogP contribution in [-0.2, 0) is 11.2 Å². The molecule has 0 aliphatic rings. The van der Waals surface area contributed by atoms with Gasteiger partial charge in [-0.25, -0.2) is 0 Å². The summed E-state index contributed by atoms with van der Waals surface area (Å²) in [6.07, 6.45) is 15.5. The van der Waals surface area contributed by atoms with E-state index in [0.29, 0.717) is 13.0 Å². The molecule has 0 spiro atoms. The van der Waals surface area contributed by atoms with Gasteiger partial charge in [-0.15, -0.1) is 0 Å². The summed E-state index contributed by atoms with van der Waals surface area (Å²) < 4.78 is 0. The number of nitrogens with one attached hydrogen (secondary N) is 1. The highest BCUT2D eigenvalue weighted by molar-refractivity contribution is 5.90. The average Bonchev–Trinajstić information content (AvgIpc) is 2.62. The lowest BCUT2D eigenvalue weighted by Gasteiger charge is -2.07. The number of hydrogen-bond donors (Lipinski definition) is 2. The largest absolute Gasteiger partial charge is 0.330 e. The smallest absolute Gasteiger partial charge is 0.224 e. The van der Waals surface area contributed by atoms with Crippen LogP contribution < -0.4 is 11.1 Å². The van der Waals surface area contributed by atoms with Crippen LogP contribution in [0.4, 0.5) is 5.69 Å². The van der Waals surface area contributed by atoms with Crippen molar-refractivity contribution >= 4 is 11.6 Å². The Morgan fingerprint density at radius 2 is 1.44 bits per heavy atom. The first-order valence-corrected chi connectivity index (χ1v) is 10.3. The third-order valence-electron chi connectivity index (χ3n) is 4.66. The van der Waals surface area contributed by atoms with Gasteiger partial charge in [0.05, 0.1) is 0 Å². The monoisotopic (exact) mass is 346 g/mol. The summed E-state index contributed by atoms with van der Waals surface area (Å²) in [6, 6.07) is 8.34. The maximum absolute atomic E-state index is 11.9. The minimum absolute atomic E-state index is 0.104. The molecule has 0 unspecified atom stereocenters. The van der Waals surface area contributed by atoms with Crippen molar-refractivity contribution in [1.29, 1.82) is 0 Å². The molecule has 0 aromatic heterocycles. The highest BCUT2D eigenvalue weighted by Gasteiger charge is 2.02. The van der Waals surface area contributed by atoms with Gasteiger partial charge in [0.2, 0.25) is 5.91 Å². The van der Waals surface area contributed by atoms with E-state index in [-0.39, 0.29) is 5.91 Å². The molecule has 1 aromatic carbocycles. The fourth-order valence-corrected chi connectivity index (χ4v) is 3.05. The molecule has 0 atom stereocenters. The van der Waals surface area contributed by atoms with Crippen LogP contribution in [0.25, 0.3) is 0 Å². The van der Waals surface area contributed by atoms with Crippen molar-refractivity contribution in [2.45, 2.75) is 90.4 Å². The Balaban J connectivity index is 2.11. The van der Waals surface area contributed by atoms with Gasteiger partial charge in [0.15, 0.2) is 0 Å². The topological polar surface area (TPSA) is 55.1 Å². The number of nitrogens with two attached hydrogens (primary N) is 1. The Morgan fingerprint density at radius 3 is 2.08 bits per heavy atom. The first-order valence-electron chi connectivity index (χ1n) is 10.3. The van der Waals surface area contributed by atoms with Crippen molar-refractivity contribution in [2.75, 3.05) is 11.9 Å². The zero-order valence-electron chi connectivity index (χ0n) is 16.2. The van der Waals surface area contributed by atoms with Gasteiger partial charge in [-0.3, -0.25) is 4.79 Å². The second-order valence-corrected chi connectivity index (χ2v) is 7.07. The number of carbonyl (C=O) groups excluding carboxylic acids is 1. The number of unbranched alkanes of at least 4 members (excludes halogenated alkanes) is 9. The van der Waals surface area contributed by atoms with Gasteiger partial charge in [0.25, 0.3) is 0 Å². The van der Waals surface area contributed by atoms with E-state index in [0.717, 1.165) is 31.4 Å². The van der Waals surface area contributed by atoms with Crippen molar-refractivity contribution < 1.29 is 4.79 Å². The minimum atomic E-state index is 0.104. The fourth-order valence-electron chi connectivity index (χ4n) is 3.05. The summed E-state index contributed by atoms with van der Waals surface area (Å²) in [5.41, 5.74) is 7.73. The molecule has 0 heterocycles. The molecule has 0 aliphatic heterocycles. The van der Waals surface area contributed by atoms with Crippen molar-refractivity contribution in [2.24, 2.45) is 5.73 Å². The van der Waals surface area contributed by atoms with E-state index in [1.165, 1.54) is 56.9 Å². The second-order valence-electron chi connectivity index (χ2n) is 7.07. The summed E-state index contributed by atoms with van der Waals surface area (Å²) in [4.78, 5) is 11.9. The summed E-state index contributed by atoms with van der Waals surface area (Å²) in [7, 11) is 0. The van der Waals surface area contributed by atoms with Gasteiger partial charge < -0.3 is 11.1 Å². The first-order chi connectivity index (χ1) is 12.3. The molecule has 3 heteroatoms. The van der Waals surface area contributed by atoms with E-state index in [4.69, 9.17) is 5.73 Å². The van der Waals surface area contributed by atoms with E-state index >= 15 is 0 Å². The number of anilines is 1. The van der Waals surface area contributed by atoms with Crippen LogP contribution in [0.5, 0.6) is 0 Å². The molecule has 0 saturated heterocycles. The van der Waals surface area contributed by atoms with Crippen LogP contribution >= 0.6 is 0 Å². The van der Waals surface area contributed by atoms with Gasteiger partial charge in [-0.05, 0) is 49.9 Å². The molecular formula is C22H38N2O. The summed E-state index contributed by atoms with van der Waals surface area (Å²) in [6.45, 7) is 2.97. The zero-order valence-corrected chi connectivity index (χ0v) is 16.2. The Morgan fingerprint density at radius 1 is 0.840 bits per heavy atom. The number of benzene rings is 1. The number of rotatable bonds is 15. The van der Waals surface area contributed by atoms with E-state index in [2.05, 4.69) is 24.4 Å². The molecule has 0 aliphatic carbocycles. The molecular weight excluding hydrogens is 308 g/mol. The standard InChI is InChI=1S/C22H38N2O/c1-2-3-4-5-6-7-8-10-13-20-15-17-21(18-16-20)24-22(25)14-11-9-12-19-23/h15-18H,2-14,19,23H2,1H3,(H,24,25). The third-order valence-corrected chi connectivity index (χ3v) is 4.66. The van der Waals surface area contributed by atoms with Gasteiger partial charge in [0.1, 0.15) is 0 Å². The molecule has 0 fully saturated rings. The molecule has 142 valence electrons. The van der Waals surface area contributed by atoms with Crippen molar-refractivity contribution in [3.63, 3.8) is 0 Å². The third kappa shape index (κ3) is 11.8. The van der Waals surface area contributed by atoms with Crippen LogP contribution in [-0.4, -0.2) is 12.5 Å². The van der Waals surface area contributed by atoms with Crippen molar-refractivity contribution in [1.82, 2.24) is 0 Å². The quantitative estimate of drug-likeness (QED) is 0.393. The van der Waals surface area contributed by atoms with Crippen molar-refractivity contribution in [3.8, 4) is 0 Å². The maximum atomic E-state index is 11.9. The Kier molecular flexibility index (Phi) is 13.0. The molecule has 3 nitrogen and oxygen atoms in total. The van der Waals surface area contributed by atoms with E-state index in [9.17, 15) is 4.79 Å². The first kappa shape index (κ1) is 21.7. The zero-order chi connectivity index (χ0) is 18.2. The van der Waals surface area contributed by atoms with Crippen LogP contribution in [0.15, 0.2) is 24.3 Å². The van der Waals surface area contributed by atoms with Crippen molar-refractivity contribution in [3.05, 3.63) is 29.8 Å². The second kappa shape index (κ2) is 14.9. The average molecular weight is 347 g/mol. The van der Waals surface area contributed by atoms with E-state index in [1.807, 2.05) is 12.1 Å². The number of carbonyl (C=O) groups is 1. The lowest BCUT2D eigenvalue weighted by molar-refractivity contribution is -0.116. The van der Waals surface area contributed by atoms with Gasteiger partial charge in [-0.1, -0.05) is 70.4 Å². The van der Waals surface area contributed by atoms with Gasteiger partial charge in [-0.2, -0.15) is 0 Å². The molecule has 1 amide bonds. The molecule has 3 N–H and O–H groups in total. The SMILES string of the molecule is CCCCCCCCCCc1ccc(NC(=O)CCCCCN)cc1. The number of hydrogen-bond acceptors (Lipinski definition) is 2.